The van der Waals surface area contributed by atoms with E-state index in [4.69, 9.17) is 11.6 Å². The van der Waals surface area contributed by atoms with Crippen molar-refractivity contribution in [3.05, 3.63) is 51.4 Å². The maximum atomic E-state index is 13.3. The van der Waals surface area contributed by atoms with E-state index in [9.17, 15) is 18.8 Å². The van der Waals surface area contributed by atoms with Crippen molar-refractivity contribution in [2.75, 3.05) is 5.32 Å². The first kappa shape index (κ1) is 22.0. The summed E-state index contributed by atoms with van der Waals surface area (Å²) in [6.45, 7) is 1.55. The Labute approximate surface area is 172 Å². The Hall–Kier alpha value is -2.25. The lowest BCUT2D eigenvalue weighted by Crippen LogP contribution is -2.43. The van der Waals surface area contributed by atoms with Crippen molar-refractivity contribution >= 4 is 46.2 Å². The number of amides is 2. The third-order valence-corrected chi connectivity index (χ3v) is 5.09. The Kier molecular flexibility index (Phi) is 8.60. The Balaban J connectivity index is 2.00. The number of benzene rings is 1. The first-order chi connectivity index (χ1) is 13.4. The molecule has 0 radical (unpaired) electrons. The molecule has 8 heteroatoms. The fraction of sp³-hybridized carbons (Fsp3) is 0.350. The standard InChI is InChI=1S/C20H22ClFN2O3S/c1-13(25)5-3-2-4-6-18(24-19(26)14-9-10-28-12-14)20(27)23-15-7-8-17(22)16(21)11-15/h7-12,18H,2-6H2,1H3,(H,23,27)(H,24,26)/t18-/m0/s1. The predicted molar refractivity (Wildman–Crippen MR) is 109 cm³/mol. The van der Waals surface area contributed by atoms with E-state index in [0.717, 1.165) is 12.8 Å². The monoisotopic (exact) mass is 424 g/mol. The smallest absolute Gasteiger partial charge is 0.252 e. The van der Waals surface area contributed by atoms with E-state index in [-0.39, 0.29) is 16.7 Å². The van der Waals surface area contributed by atoms with Crippen molar-refractivity contribution < 1.29 is 18.8 Å². The number of halogens is 2. The summed E-state index contributed by atoms with van der Waals surface area (Å²) < 4.78 is 13.3. The van der Waals surface area contributed by atoms with E-state index in [2.05, 4.69) is 10.6 Å². The lowest BCUT2D eigenvalue weighted by molar-refractivity contribution is -0.118. The van der Waals surface area contributed by atoms with E-state index in [1.807, 2.05) is 0 Å². The zero-order chi connectivity index (χ0) is 20.5. The first-order valence-electron chi connectivity index (χ1n) is 8.95. The van der Waals surface area contributed by atoms with Gasteiger partial charge in [-0.2, -0.15) is 11.3 Å². The SMILES string of the molecule is CC(=O)CCCCC[C@H](NC(=O)c1ccsc1)C(=O)Nc1ccc(F)c(Cl)c1. The van der Waals surface area contributed by atoms with E-state index in [1.165, 1.54) is 29.5 Å². The Morgan fingerprint density at radius 3 is 2.61 bits per heavy atom. The molecular formula is C20H22ClFN2O3S. The zero-order valence-corrected chi connectivity index (χ0v) is 17.0. The summed E-state index contributed by atoms with van der Waals surface area (Å²) in [4.78, 5) is 36.0. The van der Waals surface area contributed by atoms with Crippen molar-refractivity contribution in [2.24, 2.45) is 0 Å². The average molecular weight is 425 g/mol. The number of unbranched alkanes of at least 4 members (excludes halogenated alkanes) is 2. The van der Waals surface area contributed by atoms with Gasteiger partial charge in [-0.05, 0) is 49.4 Å². The van der Waals surface area contributed by atoms with Crippen molar-refractivity contribution in [1.29, 1.82) is 0 Å². The molecule has 1 aromatic carbocycles. The van der Waals surface area contributed by atoms with Gasteiger partial charge in [-0.15, -0.1) is 0 Å². The van der Waals surface area contributed by atoms with Crippen LogP contribution in [0.1, 0.15) is 49.4 Å². The van der Waals surface area contributed by atoms with Gasteiger partial charge in [0.2, 0.25) is 5.91 Å². The van der Waals surface area contributed by atoms with Crippen LogP contribution in [0.15, 0.2) is 35.0 Å². The van der Waals surface area contributed by atoms with Crippen LogP contribution < -0.4 is 10.6 Å². The number of carbonyl (C=O) groups excluding carboxylic acids is 3. The minimum absolute atomic E-state index is 0.0964. The number of ketones is 1. The molecule has 5 nitrogen and oxygen atoms in total. The summed E-state index contributed by atoms with van der Waals surface area (Å²) in [6, 6.07) is 4.82. The molecule has 2 rings (SSSR count). The van der Waals surface area contributed by atoms with Crippen molar-refractivity contribution in [2.45, 2.75) is 45.1 Å². The molecule has 2 amide bonds. The molecule has 0 spiro atoms. The molecule has 1 atom stereocenters. The summed E-state index contributed by atoms with van der Waals surface area (Å²) in [6.07, 6.45) is 3.13. The Morgan fingerprint density at radius 2 is 1.96 bits per heavy atom. The van der Waals surface area contributed by atoms with E-state index in [0.29, 0.717) is 30.5 Å². The number of hydrogen-bond donors (Lipinski definition) is 2. The normalized spacial score (nSPS) is 11.7. The molecule has 0 unspecified atom stereocenters. The van der Waals surface area contributed by atoms with Gasteiger partial charge in [0, 0.05) is 17.5 Å². The number of nitrogens with one attached hydrogen (secondary N) is 2. The molecule has 0 saturated heterocycles. The summed E-state index contributed by atoms with van der Waals surface area (Å²) in [5, 5.41) is 8.80. The second-order valence-corrected chi connectivity index (χ2v) is 7.64. The number of carbonyl (C=O) groups is 3. The molecule has 1 heterocycles. The van der Waals surface area contributed by atoms with Crippen LogP contribution in [-0.2, 0) is 9.59 Å². The van der Waals surface area contributed by atoms with Crippen molar-refractivity contribution in [3.8, 4) is 0 Å². The molecule has 0 saturated carbocycles. The van der Waals surface area contributed by atoms with E-state index >= 15 is 0 Å². The molecule has 0 aliphatic heterocycles. The first-order valence-corrected chi connectivity index (χ1v) is 10.3. The van der Waals surface area contributed by atoms with Gasteiger partial charge in [-0.3, -0.25) is 9.59 Å². The third-order valence-electron chi connectivity index (χ3n) is 4.11. The topological polar surface area (TPSA) is 75.3 Å². The number of anilines is 1. The van der Waals surface area contributed by atoms with Gasteiger partial charge in [0.05, 0.1) is 10.6 Å². The number of Topliss-reactive ketones (excluding diaryl/α,β-unsaturated/α-hetero) is 1. The highest BCUT2D eigenvalue weighted by molar-refractivity contribution is 7.08. The summed E-state index contributed by atoms with van der Waals surface area (Å²) in [5.74, 6) is -1.18. The van der Waals surface area contributed by atoms with Gasteiger partial charge in [-0.25, -0.2) is 4.39 Å². The van der Waals surface area contributed by atoms with Crippen LogP contribution in [0.5, 0.6) is 0 Å². The Morgan fingerprint density at radius 1 is 1.18 bits per heavy atom. The maximum absolute atomic E-state index is 13.3. The molecule has 0 fully saturated rings. The van der Waals surface area contributed by atoms with Crippen molar-refractivity contribution in [1.82, 2.24) is 5.32 Å². The van der Waals surface area contributed by atoms with Crippen LogP contribution in [0.4, 0.5) is 10.1 Å². The molecule has 0 aliphatic rings. The minimum Gasteiger partial charge on any atom is -0.340 e. The minimum atomic E-state index is -0.756. The van der Waals surface area contributed by atoms with Crippen LogP contribution in [0, 0.1) is 5.82 Å². The van der Waals surface area contributed by atoms with Gasteiger partial charge in [0.1, 0.15) is 17.6 Å². The lowest BCUT2D eigenvalue weighted by Gasteiger charge is -2.18. The lowest BCUT2D eigenvalue weighted by atomic mass is 10.0. The highest BCUT2D eigenvalue weighted by atomic mass is 35.5. The molecule has 1 aromatic heterocycles. The highest BCUT2D eigenvalue weighted by Gasteiger charge is 2.22. The molecule has 28 heavy (non-hydrogen) atoms. The number of rotatable bonds is 10. The fourth-order valence-corrected chi connectivity index (χ4v) is 3.42. The van der Waals surface area contributed by atoms with Gasteiger partial charge in [0.25, 0.3) is 5.91 Å². The summed E-state index contributed by atoms with van der Waals surface area (Å²) in [5.41, 5.74) is 0.840. The number of hydrogen-bond acceptors (Lipinski definition) is 4. The average Bonchev–Trinajstić information content (AvgIpc) is 3.18. The quantitative estimate of drug-likeness (QED) is 0.537. The highest BCUT2D eigenvalue weighted by Crippen LogP contribution is 2.20. The second-order valence-electron chi connectivity index (χ2n) is 6.46. The third kappa shape index (κ3) is 7.05. The van der Waals surface area contributed by atoms with E-state index in [1.54, 1.807) is 23.8 Å². The van der Waals surface area contributed by atoms with Crippen LogP contribution in [0.3, 0.4) is 0 Å². The van der Waals surface area contributed by atoms with Gasteiger partial charge < -0.3 is 15.4 Å². The Bertz CT molecular complexity index is 827. The molecule has 2 N–H and O–H groups in total. The maximum Gasteiger partial charge on any atom is 0.252 e. The van der Waals surface area contributed by atoms with E-state index < -0.39 is 17.8 Å². The van der Waals surface area contributed by atoms with Crippen LogP contribution in [-0.4, -0.2) is 23.6 Å². The molecule has 0 aliphatic carbocycles. The summed E-state index contributed by atoms with van der Waals surface area (Å²) in [7, 11) is 0. The van der Waals surface area contributed by atoms with Crippen molar-refractivity contribution in [3.63, 3.8) is 0 Å². The molecule has 150 valence electrons. The van der Waals surface area contributed by atoms with Crippen LogP contribution in [0.25, 0.3) is 0 Å². The molecule has 0 bridgehead atoms. The fourth-order valence-electron chi connectivity index (χ4n) is 2.61. The second kappa shape index (κ2) is 10.9. The molecular weight excluding hydrogens is 403 g/mol. The van der Waals surface area contributed by atoms with Gasteiger partial charge >= 0.3 is 0 Å². The number of thiophene rings is 1. The predicted octanol–water partition coefficient (Wildman–Crippen LogP) is 4.82. The zero-order valence-electron chi connectivity index (χ0n) is 15.5. The van der Waals surface area contributed by atoms with Gasteiger partial charge in [0.15, 0.2) is 0 Å². The van der Waals surface area contributed by atoms with Crippen LogP contribution >= 0.6 is 22.9 Å². The largest absolute Gasteiger partial charge is 0.340 e. The van der Waals surface area contributed by atoms with Crippen LogP contribution in [0.2, 0.25) is 5.02 Å². The van der Waals surface area contributed by atoms with Gasteiger partial charge in [-0.1, -0.05) is 24.4 Å². The summed E-state index contributed by atoms with van der Waals surface area (Å²) >= 11 is 7.14. The molecule has 2 aromatic rings.